The summed E-state index contributed by atoms with van der Waals surface area (Å²) in [5, 5.41) is 12.0. The van der Waals surface area contributed by atoms with Crippen LogP contribution in [0.1, 0.15) is 41.4 Å². The average Bonchev–Trinajstić information content (AvgIpc) is 3.36. The third kappa shape index (κ3) is 6.27. The van der Waals surface area contributed by atoms with E-state index < -0.39 is 35.6 Å². The molecule has 0 saturated carbocycles. The summed E-state index contributed by atoms with van der Waals surface area (Å²) < 4.78 is 14.0. The Morgan fingerprint density at radius 3 is 2.72 bits per heavy atom. The summed E-state index contributed by atoms with van der Waals surface area (Å²) in [7, 11) is 0. The van der Waals surface area contributed by atoms with Crippen molar-refractivity contribution in [2.24, 2.45) is 0 Å². The van der Waals surface area contributed by atoms with Gasteiger partial charge in [-0.05, 0) is 30.5 Å². The van der Waals surface area contributed by atoms with E-state index in [4.69, 9.17) is 0 Å². The second-order valence-electron chi connectivity index (χ2n) is 8.02. The number of halogens is 1. The van der Waals surface area contributed by atoms with E-state index >= 15 is 0 Å². The molecular formula is C24H23FN6O4S. The minimum absolute atomic E-state index is 0.0866. The number of hydrogen-bond donors (Lipinski definition) is 4. The molecule has 2 atom stereocenters. The third-order valence-corrected chi connectivity index (χ3v) is 6.29. The number of rotatable bonds is 9. The van der Waals surface area contributed by atoms with Crippen LogP contribution in [-0.4, -0.2) is 46.3 Å². The van der Waals surface area contributed by atoms with Crippen LogP contribution >= 0.6 is 11.3 Å². The first-order valence-electron chi connectivity index (χ1n) is 11.2. The van der Waals surface area contributed by atoms with Crippen LogP contribution in [0.25, 0.3) is 10.7 Å². The van der Waals surface area contributed by atoms with Crippen LogP contribution in [0.2, 0.25) is 0 Å². The van der Waals surface area contributed by atoms with Gasteiger partial charge in [-0.1, -0.05) is 30.3 Å². The fraction of sp³-hybridized carbons (Fsp3) is 0.250. The Balaban J connectivity index is 1.36. The maximum absolute atomic E-state index is 14.0. The lowest BCUT2D eigenvalue weighted by atomic mass is 10.0. The predicted octanol–water partition coefficient (Wildman–Crippen LogP) is 2.31. The lowest BCUT2D eigenvalue weighted by Crippen LogP contribution is -2.57. The Bertz CT molecular complexity index is 1250. The molecular weight excluding hydrogens is 487 g/mol. The normalized spacial score (nSPS) is 16.0. The highest BCUT2D eigenvalue weighted by molar-refractivity contribution is 7.13. The molecule has 10 nitrogen and oxygen atoms in total. The molecule has 1 fully saturated rings. The first-order valence-corrected chi connectivity index (χ1v) is 12.1. The molecule has 12 heteroatoms. The third-order valence-electron chi connectivity index (χ3n) is 5.44. The molecule has 36 heavy (non-hydrogen) atoms. The molecule has 2 aromatic heterocycles. The summed E-state index contributed by atoms with van der Waals surface area (Å²) in [4.78, 5) is 56.3. The lowest BCUT2D eigenvalue weighted by molar-refractivity contribution is -0.128. The summed E-state index contributed by atoms with van der Waals surface area (Å²) >= 11 is 1.13. The number of carbonyl (C=O) groups excluding carboxylic acids is 4. The molecule has 3 aromatic rings. The maximum atomic E-state index is 14.0. The van der Waals surface area contributed by atoms with Crippen molar-refractivity contribution in [2.45, 2.75) is 31.3 Å². The molecule has 4 rings (SSSR count). The first-order chi connectivity index (χ1) is 17.4. The van der Waals surface area contributed by atoms with E-state index in [1.165, 1.54) is 18.3 Å². The van der Waals surface area contributed by atoms with Gasteiger partial charge in [-0.15, -0.1) is 11.3 Å². The zero-order valence-corrected chi connectivity index (χ0v) is 19.8. The molecule has 4 N–H and O–H groups in total. The molecule has 0 radical (unpaired) electrons. The minimum atomic E-state index is -0.918. The van der Waals surface area contributed by atoms with Crippen LogP contribution in [0.3, 0.4) is 0 Å². The van der Waals surface area contributed by atoms with E-state index in [0.29, 0.717) is 17.8 Å². The summed E-state index contributed by atoms with van der Waals surface area (Å²) in [5.74, 6) is -1.89. The number of aromatic nitrogens is 2. The Morgan fingerprint density at radius 2 is 1.97 bits per heavy atom. The van der Waals surface area contributed by atoms with E-state index in [2.05, 4.69) is 31.2 Å². The first kappa shape index (κ1) is 24.9. The van der Waals surface area contributed by atoms with Crippen molar-refractivity contribution >= 4 is 35.1 Å². The molecule has 1 unspecified atom stereocenters. The molecule has 1 aromatic carbocycles. The highest BCUT2D eigenvalue weighted by atomic mass is 32.1. The van der Waals surface area contributed by atoms with Crippen molar-refractivity contribution in [3.05, 3.63) is 71.1 Å². The average molecular weight is 511 g/mol. The van der Waals surface area contributed by atoms with Crippen LogP contribution in [0.5, 0.6) is 0 Å². The second-order valence-corrected chi connectivity index (χ2v) is 8.88. The van der Waals surface area contributed by atoms with Crippen molar-refractivity contribution in [1.29, 1.82) is 0 Å². The number of hydrogen-bond acceptors (Lipinski definition) is 7. The largest absolute Gasteiger partial charge is 0.354 e. The van der Waals surface area contributed by atoms with Gasteiger partial charge < -0.3 is 16.0 Å². The maximum Gasteiger partial charge on any atom is 0.322 e. The van der Waals surface area contributed by atoms with Gasteiger partial charge in [0.25, 0.3) is 5.91 Å². The summed E-state index contributed by atoms with van der Waals surface area (Å²) in [5.41, 5.74) is 1.11. The zero-order chi connectivity index (χ0) is 25.5. The van der Waals surface area contributed by atoms with Gasteiger partial charge >= 0.3 is 6.03 Å². The monoisotopic (exact) mass is 510 g/mol. The predicted molar refractivity (Wildman–Crippen MR) is 129 cm³/mol. The van der Waals surface area contributed by atoms with E-state index in [0.717, 1.165) is 16.9 Å². The van der Waals surface area contributed by atoms with Crippen molar-refractivity contribution in [3.8, 4) is 10.7 Å². The SMILES string of the molecule is O=C1C[C@@H](C(=O)NCCCC(NC(=O)c2csc(-c3ncccc3F)n2)c2ccccc2)NC(=O)N1. The summed E-state index contributed by atoms with van der Waals surface area (Å²) in [6.45, 7) is 0.284. The van der Waals surface area contributed by atoms with Gasteiger partial charge in [-0.2, -0.15) is 0 Å². The molecule has 0 aliphatic carbocycles. The fourth-order valence-corrected chi connectivity index (χ4v) is 4.47. The number of benzene rings is 1. The molecule has 1 saturated heterocycles. The number of carbonyl (C=O) groups is 4. The number of nitrogens with zero attached hydrogens (tertiary/aromatic N) is 2. The van der Waals surface area contributed by atoms with Crippen molar-refractivity contribution < 1.29 is 23.6 Å². The van der Waals surface area contributed by atoms with Crippen molar-refractivity contribution in [1.82, 2.24) is 31.2 Å². The van der Waals surface area contributed by atoms with Crippen LogP contribution in [0, 0.1) is 5.82 Å². The molecule has 1 aliphatic heterocycles. The van der Waals surface area contributed by atoms with Crippen LogP contribution in [0.4, 0.5) is 9.18 Å². The second kappa shape index (κ2) is 11.5. The van der Waals surface area contributed by atoms with Gasteiger partial charge in [0.1, 0.15) is 22.4 Å². The van der Waals surface area contributed by atoms with E-state index in [-0.39, 0.29) is 30.4 Å². The van der Waals surface area contributed by atoms with Crippen molar-refractivity contribution in [2.75, 3.05) is 6.54 Å². The number of amides is 5. The van der Waals surface area contributed by atoms with Gasteiger partial charge in [0.2, 0.25) is 11.8 Å². The van der Waals surface area contributed by atoms with E-state index in [1.54, 1.807) is 5.38 Å². The highest BCUT2D eigenvalue weighted by Crippen LogP contribution is 2.25. The van der Waals surface area contributed by atoms with Crippen molar-refractivity contribution in [3.63, 3.8) is 0 Å². The Morgan fingerprint density at radius 1 is 1.17 bits per heavy atom. The number of nitrogens with one attached hydrogen (secondary N) is 4. The molecule has 3 heterocycles. The van der Waals surface area contributed by atoms with Crippen LogP contribution < -0.4 is 21.3 Å². The zero-order valence-electron chi connectivity index (χ0n) is 19.0. The number of pyridine rings is 1. The minimum Gasteiger partial charge on any atom is -0.354 e. The lowest BCUT2D eigenvalue weighted by Gasteiger charge is -2.23. The van der Waals surface area contributed by atoms with E-state index in [9.17, 15) is 23.6 Å². The number of thiazole rings is 1. The molecule has 0 spiro atoms. The molecule has 186 valence electrons. The van der Waals surface area contributed by atoms with Gasteiger partial charge in [-0.25, -0.2) is 14.2 Å². The smallest absolute Gasteiger partial charge is 0.322 e. The molecule has 5 amide bonds. The summed E-state index contributed by atoms with van der Waals surface area (Å²) in [6.07, 6.45) is 2.35. The quantitative estimate of drug-likeness (QED) is 0.326. The number of imide groups is 1. The highest BCUT2D eigenvalue weighted by Gasteiger charge is 2.29. The van der Waals surface area contributed by atoms with Gasteiger partial charge in [0.15, 0.2) is 5.82 Å². The Labute approximate surface area is 209 Å². The van der Waals surface area contributed by atoms with Gasteiger partial charge in [0.05, 0.1) is 12.5 Å². The van der Waals surface area contributed by atoms with Crippen LogP contribution in [-0.2, 0) is 9.59 Å². The Hall–Kier alpha value is -4.19. The van der Waals surface area contributed by atoms with Gasteiger partial charge in [-0.3, -0.25) is 24.7 Å². The topological polar surface area (TPSA) is 142 Å². The standard InChI is InChI=1S/C24H23FN6O4S/c25-15-8-4-10-26-20(15)23-29-18(13-36-23)22(34)28-16(14-6-2-1-3-7-14)9-5-11-27-21(33)17-12-19(32)31-24(35)30-17/h1-4,6-8,10,13,16-17H,5,9,11-12H2,(H,27,33)(H,28,34)(H2,30,31,32,35)/t16?,17-/m0/s1. The Kier molecular flexibility index (Phi) is 7.95. The van der Waals surface area contributed by atoms with E-state index in [1.807, 2.05) is 30.3 Å². The molecule has 1 aliphatic rings. The fourth-order valence-electron chi connectivity index (χ4n) is 3.68. The van der Waals surface area contributed by atoms with Gasteiger partial charge in [0, 0.05) is 18.1 Å². The summed E-state index contributed by atoms with van der Waals surface area (Å²) in [6, 6.07) is 10.1. The molecule has 0 bridgehead atoms. The number of urea groups is 1. The van der Waals surface area contributed by atoms with Crippen LogP contribution in [0.15, 0.2) is 54.0 Å².